The molecule has 34 heavy (non-hydrogen) atoms. The summed E-state index contributed by atoms with van der Waals surface area (Å²) in [5.74, 6) is 0.276. The number of aromatic nitrogens is 3. The number of amides is 1. The van der Waals surface area contributed by atoms with Crippen molar-refractivity contribution in [3.8, 4) is 6.07 Å². The molecule has 1 aromatic heterocycles. The number of benzene rings is 2. The van der Waals surface area contributed by atoms with Gasteiger partial charge < -0.3 is 9.47 Å². The van der Waals surface area contributed by atoms with Gasteiger partial charge in [0, 0.05) is 24.4 Å². The van der Waals surface area contributed by atoms with Crippen molar-refractivity contribution in [1.29, 1.82) is 5.26 Å². The highest BCUT2D eigenvalue weighted by Crippen LogP contribution is 2.52. The quantitative estimate of drug-likeness (QED) is 0.522. The van der Waals surface area contributed by atoms with Crippen LogP contribution in [-0.2, 0) is 25.2 Å². The van der Waals surface area contributed by atoms with Crippen LogP contribution in [-0.4, -0.2) is 20.7 Å². The summed E-state index contributed by atoms with van der Waals surface area (Å²) in [6.45, 7) is 1.41. The molecule has 0 N–H and O–H groups in total. The topological polar surface area (TPSA) is 74.8 Å². The van der Waals surface area contributed by atoms with Crippen LogP contribution in [0.2, 0.25) is 0 Å². The van der Waals surface area contributed by atoms with Crippen molar-refractivity contribution in [2.75, 3.05) is 4.90 Å². The van der Waals surface area contributed by atoms with Crippen molar-refractivity contribution in [2.24, 2.45) is 7.05 Å². The lowest BCUT2D eigenvalue weighted by atomic mass is 9.61. The van der Waals surface area contributed by atoms with Crippen molar-refractivity contribution >= 4 is 11.6 Å². The van der Waals surface area contributed by atoms with E-state index in [2.05, 4.69) is 16.3 Å². The number of allylic oxidation sites excluding steroid dienone is 2. The van der Waals surface area contributed by atoms with E-state index < -0.39 is 23.1 Å². The molecule has 0 radical (unpaired) electrons. The second-order valence-electron chi connectivity index (χ2n) is 8.91. The highest BCUT2D eigenvalue weighted by atomic mass is 19.4. The van der Waals surface area contributed by atoms with Gasteiger partial charge in [0.15, 0.2) is 0 Å². The summed E-state index contributed by atoms with van der Waals surface area (Å²) in [6, 6.07) is 11.9. The Balaban J connectivity index is 1.56. The predicted molar refractivity (Wildman–Crippen MR) is 118 cm³/mol. The molecule has 1 aliphatic heterocycles. The van der Waals surface area contributed by atoms with E-state index in [0.717, 1.165) is 23.0 Å². The molecule has 0 unspecified atom stereocenters. The summed E-state index contributed by atoms with van der Waals surface area (Å²) < 4.78 is 42.8. The Morgan fingerprint density at radius 1 is 1.21 bits per heavy atom. The Bertz CT molecular complexity index is 1390. The third-order valence-corrected chi connectivity index (χ3v) is 6.67. The summed E-state index contributed by atoms with van der Waals surface area (Å²) in [7, 11) is 1.84. The van der Waals surface area contributed by atoms with E-state index in [1.54, 1.807) is 25.4 Å². The molecule has 0 atom stereocenters. The van der Waals surface area contributed by atoms with Crippen LogP contribution >= 0.6 is 0 Å². The minimum atomic E-state index is -4.54. The number of fused-ring (bicyclic) bond motifs is 1. The number of halogens is 3. The van der Waals surface area contributed by atoms with Crippen molar-refractivity contribution in [3.63, 3.8) is 0 Å². The first-order valence-corrected chi connectivity index (χ1v) is 10.7. The third-order valence-electron chi connectivity index (χ3n) is 6.67. The van der Waals surface area contributed by atoms with Gasteiger partial charge in [-0.25, -0.2) is 0 Å². The van der Waals surface area contributed by atoms with E-state index in [1.165, 1.54) is 17.0 Å². The highest BCUT2D eigenvalue weighted by Gasteiger charge is 2.47. The van der Waals surface area contributed by atoms with Gasteiger partial charge in [-0.15, -0.1) is 10.2 Å². The van der Waals surface area contributed by atoms with Crippen LogP contribution in [0.25, 0.3) is 0 Å². The minimum absolute atomic E-state index is 0.000554. The first-order chi connectivity index (χ1) is 16.1. The average molecular weight is 463 g/mol. The zero-order valence-electron chi connectivity index (χ0n) is 18.5. The lowest BCUT2D eigenvalue weighted by molar-refractivity contribution is -0.138. The average Bonchev–Trinajstić information content (AvgIpc) is 3.33. The molecular formula is C25H20F3N5O. The minimum Gasteiger partial charge on any atom is -0.320 e. The number of nitrogens with zero attached hydrogens (tertiary/aromatic N) is 5. The van der Waals surface area contributed by atoms with Gasteiger partial charge in [-0.3, -0.25) is 4.79 Å². The Morgan fingerprint density at radius 2 is 1.97 bits per heavy atom. The summed E-state index contributed by atoms with van der Waals surface area (Å²) in [5.41, 5.74) is 1.54. The number of alkyl halides is 3. The molecule has 0 spiro atoms. The Labute approximate surface area is 193 Å². The molecule has 3 aromatic rings. The van der Waals surface area contributed by atoms with Gasteiger partial charge in [-0.2, -0.15) is 18.4 Å². The van der Waals surface area contributed by atoms with Crippen molar-refractivity contribution in [1.82, 2.24) is 14.8 Å². The Morgan fingerprint density at radius 3 is 2.62 bits per heavy atom. The molecule has 6 nitrogen and oxygen atoms in total. The van der Waals surface area contributed by atoms with E-state index in [4.69, 9.17) is 5.26 Å². The van der Waals surface area contributed by atoms with Crippen molar-refractivity contribution in [3.05, 3.63) is 88.0 Å². The lowest BCUT2D eigenvalue weighted by Gasteiger charge is -2.43. The maximum atomic E-state index is 13.7. The molecule has 1 fully saturated rings. The van der Waals surface area contributed by atoms with Crippen LogP contribution in [0.3, 0.4) is 0 Å². The lowest BCUT2D eigenvalue weighted by Crippen LogP contribution is -2.40. The first kappa shape index (κ1) is 21.9. The second kappa shape index (κ2) is 7.55. The van der Waals surface area contributed by atoms with E-state index in [0.29, 0.717) is 24.1 Å². The first-order valence-electron chi connectivity index (χ1n) is 10.7. The number of rotatable bonds is 3. The maximum Gasteiger partial charge on any atom is 0.416 e. The van der Waals surface area contributed by atoms with Gasteiger partial charge in [-0.05, 0) is 60.7 Å². The van der Waals surface area contributed by atoms with Crippen LogP contribution < -0.4 is 4.90 Å². The molecule has 9 heteroatoms. The number of carbonyl (C=O) groups is 1. The zero-order valence-corrected chi connectivity index (χ0v) is 18.5. The van der Waals surface area contributed by atoms with Gasteiger partial charge in [-0.1, -0.05) is 17.7 Å². The third kappa shape index (κ3) is 3.29. The fourth-order valence-electron chi connectivity index (χ4n) is 5.11. The summed E-state index contributed by atoms with van der Waals surface area (Å²) in [6.07, 6.45) is -0.266. The molecule has 0 bridgehead atoms. The summed E-state index contributed by atoms with van der Waals surface area (Å²) in [4.78, 5) is 14.6. The zero-order chi connectivity index (χ0) is 24.3. The van der Waals surface area contributed by atoms with E-state index >= 15 is 0 Å². The predicted octanol–water partition coefficient (Wildman–Crippen LogP) is 4.83. The summed E-state index contributed by atoms with van der Waals surface area (Å²) in [5, 5.41) is 17.4. The molecule has 1 saturated carbocycles. The van der Waals surface area contributed by atoms with Crippen molar-refractivity contribution < 1.29 is 18.0 Å². The number of hydrogen-bond acceptors (Lipinski definition) is 4. The molecule has 2 aromatic carbocycles. The molecule has 1 amide bonds. The van der Waals surface area contributed by atoms with Gasteiger partial charge in [0.1, 0.15) is 12.2 Å². The SMILES string of the molecule is Cc1cc2c(c(C(F)(F)F)c1)CN(c1cccc(C3(c4nncn4C)CC(=CC#N)C3)c1)C2=O. The number of anilines is 1. The maximum absolute atomic E-state index is 13.7. The Hall–Kier alpha value is -3.93. The standard InChI is InChI=1S/C25H20F3N5O/c1-15-8-19-20(21(9-15)25(26,27)28)13-33(22(19)34)18-5-3-4-17(10-18)24(11-16(12-24)6-7-29)23-31-30-14-32(23)2/h3-6,8-10,14H,11-13H2,1-2H3. The highest BCUT2D eigenvalue weighted by molar-refractivity contribution is 6.10. The normalized spacial score (nSPS) is 19.6. The second-order valence-corrected chi connectivity index (χ2v) is 8.91. The van der Waals surface area contributed by atoms with Crippen LogP contribution in [0.4, 0.5) is 18.9 Å². The van der Waals surface area contributed by atoms with E-state index in [1.807, 2.05) is 23.7 Å². The van der Waals surface area contributed by atoms with E-state index in [-0.39, 0.29) is 17.7 Å². The molecular weight excluding hydrogens is 443 g/mol. The number of nitriles is 1. The van der Waals surface area contributed by atoms with Gasteiger partial charge in [0.25, 0.3) is 5.91 Å². The van der Waals surface area contributed by atoms with E-state index in [9.17, 15) is 18.0 Å². The van der Waals surface area contributed by atoms with Crippen LogP contribution in [0.1, 0.15) is 51.3 Å². The summed E-state index contributed by atoms with van der Waals surface area (Å²) >= 11 is 0. The molecule has 2 aliphatic rings. The van der Waals surface area contributed by atoms with Crippen LogP contribution in [0.5, 0.6) is 0 Å². The molecule has 1 aliphatic carbocycles. The largest absolute Gasteiger partial charge is 0.416 e. The van der Waals surface area contributed by atoms with Crippen LogP contribution in [0.15, 0.2) is 54.4 Å². The van der Waals surface area contributed by atoms with Crippen LogP contribution in [0, 0.1) is 18.3 Å². The van der Waals surface area contributed by atoms with Gasteiger partial charge >= 0.3 is 6.18 Å². The Kier molecular flexibility index (Phi) is 4.86. The molecule has 5 rings (SSSR count). The van der Waals surface area contributed by atoms with Crippen molar-refractivity contribution in [2.45, 2.75) is 37.9 Å². The number of hydrogen-bond donors (Lipinski definition) is 0. The molecule has 2 heterocycles. The number of carbonyl (C=O) groups excluding carboxylic acids is 1. The monoisotopic (exact) mass is 463 g/mol. The smallest absolute Gasteiger partial charge is 0.320 e. The fraction of sp³-hybridized carbons (Fsp3) is 0.280. The molecule has 172 valence electrons. The number of aryl methyl sites for hydroxylation is 2. The van der Waals surface area contributed by atoms with Gasteiger partial charge in [0.05, 0.1) is 23.6 Å². The molecule has 0 saturated heterocycles. The van der Waals surface area contributed by atoms with Gasteiger partial charge in [0.2, 0.25) is 0 Å². The fourth-order valence-corrected chi connectivity index (χ4v) is 5.11.